The molecule has 10 heteroatoms. The molecule has 168 valence electrons. The highest BCUT2D eigenvalue weighted by atomic mass is 19.4. The zero-order valence-corrected chi connectivity index (χ0v) is 16.9. The monoisotopic (exact) mass is 440 g/mol. The zero-order chi connectivity index (χ0) is 23.6. The molecular formula is C21H23F3N2O5. The van der Waals surface area contributed by atoms with Crippen LogP contribution in [0.1, 0.15) is 36.2 Å². The van der Waals surface area contributed by atoms with Crippen molar-refractivity contribution < 1.29 is 37.8 Å². The standard InChI is InChI=1S/C19H22N2O3.C2HF3O2/c1-3-18(22)20-15-10-11-17(16(12-15)19(23)24)21(4-2)13-14-8-6-5-7-9-14;3-2(4,5)1(6)7/h5-12H,3-4,13H2,1-2H3,(H,20,22)(H,23,24);(H,6,7). The first-order valence-electron chi connectivity index (χ1n) is 9.25. The Morgan fingerprint density at radius 1 is 1.00 bits per heavy atom. The van der Waals surface area contributed by atoms with Crippen molar-refractivity contribution >= 4 is 29.2 Å². The van der Waals surface area contributed by atoms with Crippen LogP contribution in [0.3, 0.4) is 0 Å². The molecule has 0 saturated heterocycles. The molecule has 2 aromatic carbocycles. The van der Waals surface area contributed by atoms with Crippen LogP contribution in [0.25, 0.3) is 0 Å². The fraction of sp³-hybridized carbons (Fsp3) is 0.286. The van der Waals surface area contributed by atoms with E-state index < -0.39 is 18.1 Å². The summed E-state index contributed by atoms with van der Waals surface area (Å²) in [4.78, 5) is 34.1. The average Bonchev–Trinajstić information content (AvgIpc) is 2.72. The van der Waals surface area contributed by atoms with Crippen molar-refractivity contribution in [3.05, 3.63) is 59.7 Å². The van der Waals surface area contributed by atoms with Gasteiger partial charge in [0.2, 0.25) is 5.91 Å². The number of hydrogen-bond acceptors (Lipinski definition) is 4. The minimum Gasteiger partial charge on any atom is -0.478 e. The van der Waals surface area contributed by atoms with Crippen LogP contribution in [0.5, 0.6) is 0 Å². The number of carboxylic acids is 2. The van der Waals surface area contributed by atoms with Crippen molar-refractivity contribution in [1.82, 2.24) is 0 Å². The van der Waals surface area contributed by atoms with E-state index in [9.17, 15) is 27.9 Å². The van der Waals surface area contributed by atoms with E-state index in [0.29, 0.717) is 30.9 Å². The van der Waals surface area contributed by atoms with Crippen molar-refractivity contribution in [2.24, 2.45) is 0 Å². The van der Waals surface area contributed by atoms with Gasteiger partial charge in [0.1, 0.15) is 0 Å². The molecule has 0 saturated carbocycles. The van der Waals surface area contributed by atoms with Gasteiger partial charge < -0.3 is 20.4 Å². The number of alkyl halides is 3. The summed E-state index contributed by atoms with van der Waals surface area (Å²) in [5, 5.41) is 19.4. The van der Waals surface area contributed by atoms with Crippen LogP contribution in [0.4, 0.5) is 24.5 Å². The van der Waals surface area contributed by atoms with Crippen LogP contribution in [-0.2, 0) is 16.1 Å². The van der Waals surface area contributed by atoms with Gasteiger partial charge >= 0.3 is 18.1 Å². The summed E-state index contributed by atoms with van der Waals surface area (Å²) in [5.74, 6) is -3.91. The highest BCUT2D eigenvalue weighted by Gasteiger charge is 2.38. The Morgan fingerprint density at radius 2 is 1.58 bits per heavy atom. The number of amides is 1. The second-order valence-electron chi connectivity index (χ2n) is 6.24. The lowest BCUT2D eigenvalue weighted by Gasteiger charge is -2.25. The lowest BCUT2D eigenvalue weighted by atomic mass is 10.1. The number of nitrogens with one attached hydrogen (secondary N) is 1. The number of anilines is 2. The molecule has 0 aliphatic heterocycles. The number of carboxylic acid groups (broad SMARTS) is 2. The molecule has 2 rings (SSSR count). The Bertz CT molecular complexity index is 902. The van der Waals surface area contributed by atoms with E-state index in [1.165, 1.54) is 6.07 Å². The molecule has 0 heterocycles. The zero-order valence-electron chi connectivity index (χ0n) is 16.9. The van der Waals surface area contributed by atoms with E-state index in [1.54, 1.807) is 19.1 Å². The van der Waals surface area contributed by atoms with E-state index >= 15 is 0 Å². The molecule has 0 fully saturated rings. The van der Waals surface area contributed by atoms with Crippen LogP contribution in [0, 0.1) is 0 Å². The van der Waals surface area contributed by atoms with Gasteiger partial charge in [0.25, 0.3) is 0 Å². The number of nitrogens with zero attached hydrogens (tertiary/aromatic N) is 1. The first-order chi connectivity index (χ1) is 14.5. The number of carbonyl (C=O) groups is 3. The molecule has 2 aromatic rings. The molecule has 0 aliphatic carbocycles. The van der Waals surface area contributed by atoms with Crippen molar-refractivity contribution in [1.29, 1.82) is 0 Å². The predicted octanol–water partition coefficient (Wildman–Crippen LogP) is 4.39. The second-order valence-corrected chi connectivity index (χ2v) is 6.24. The van der Waals surface area contributed by atoms with Gasteiger partial charge in [0.05, 0.1) is 11.3 Å². The Hall–Kier alpha value is -3.56. The summed E-state index contributed by atoms with van der Waals surface area (Å²) in [6.07, 6.45) is -4.74. The number of aromatic carboxylic acids is 1. The van der Waals surface area contributed by atoms with Gasteiger partial charge in [-0.05, 0) is 30.7 Å². The topological polar surface area (TPSA) is 107 Å². The van der Waals surface area contributed by atoms with Crippen LogP contribution >= 0.6 is 0 Å². The van der Waals surface area contributed by atoms with Gasteiger partial charge in [-0.2, -0.15) is 13.2 Å². The molecule has 7 nitrogen and oxygen atoms in total. The van der Waals surface area contributed by atoms with Crippen LogP contribution in [-0.4, -0.2) is 40.8 Å². The van der Waals surface area contributed by atoms with Gasteiger partial charge in [-0.25, -0.2) is 9.59 Å². The van der Waals surface area contributed by atoms with Crippen LogP contribution in [0.15, 0.2) is 48.5 Å². The average molecular weight is 440 g/mol. The Kier molecular flexibility index (Phi) is 9.52. The van der Waals surface area contributed by atoms with Crippen molar-refractivity contribution in [3.63, 3.8) is 0 Å². The van der Waals surface area contributed by atoms with Gasteiger partial charge in [-0.1, -0.05) is 37.3 Å². The van der Waals surface area contributed by atoms with Gasteiger partial charge in [0.15, 0.2) is 0 Å². The molecule has 0 radical (unpaired) electrons. The Balaban J connectivity index is 0.000000592. The van der Waals surface area contributed by atoms with E-state index in [0.717, 1.165) is 5.56 Å². The third-order valence-corrected chi connectivity index (χ3v) is 4.01. The molecule has 1 amide bonds. The van der Waals surface area contributed by atoms with Crippen molar-refractivity contribution in [2.45, 2.75) is 33.0 Å². The number of aliphatic carboxylic acids is 1. The number of hydrogen-bond donors (Lipinski definition) is 3. The Morgan fingerprint density at radius 3 is 2.03 bits per heavy atom. The maximum absolute atomic E-state index is 11.7. The smallest absolute Gasteiger partial charge is 0.478 e. The van der Waals surface area contributed by atoms with E-state index in [1.807, 2.05) is 42.2 Å². The minimum atomic E-state index is -5.08. The molecule has 3 N–H and O–H groups in total. The fourth-order valence-electron chi connectivity index (χ4n) is 2.48. The molecule has 0 aromatic heterocycles. The third kappa shape index (κ3) is 8.37. The molecule has 0 atom stereocenters. The second kappa shape index (κ2) is 11.6. The fourth-order valence-corrected chi connectivity index (χ4v) is 2.48. The van der Waals surface area contributed by atoms with Gasteiger partial charge in [-0.3, -0.25) is 4.79 Å². The third-order valence-electron chi connectivity index (χ3n) is 4.01. The molecular weight excluding hydrogens is 417 g/mol. The van der Waals surface area contributed by atoms with E-state index in [4.69, 9.17) is 9.90 Å². The summed E-state index contributed by atoms with van der Waals surface area (Å²) in [7, 11) is 0. The highest BCUT2D eigenvalue weighted by Crippen LogP contribution is 2.26. The Labute approximate surface area is 177 Å². The normalized spacial score (nSPS) is 10.5. The molecule has 0 aliphatic rings. The molecule has 31 heavy (non-hydrogen) atoms. The number of halogens is 3. The number of benzene rings is 2. The first kappa shape index (κ1) is 25.5. The first-order valence-corrected chi connectivity index (χ1v) is 9.25. The summed E-state index contributed by atoms with van der Waals surface area (Å²) < 4.78 is 31.7. The SMILES string of the molecule is CCC(=O)Nc1ccc(N(CC)Cc2ccccc2)c(C(=O)O)c1.O=C(O)C(F)(F)F. The van der Waals surface area contributed by atoms with Crippen molar-refractivity contribution in [2.75, 3.05) is 16.8 Å². The number of rotatable bonds is 7. The van der Waals surface area contributed by atoms with Gasteiger partial charge in [0, 0.05) is 25.2 Å². The predicted molar refractivity (Wildman–Crippen MR) is 109 cm³/mol. The van der Waals surface area contributed by atoms with Crippen LogP contribution < -0.4 is 10.2 Å². The summed E-state index contributed by atoms with van der Waals surface area (Å²) in [6, 6.07) is 14.9. The van der Waals surface area contributed by atoms with E-state index in [-0.39, 0.29) is 11.5 Å². The highest BCUT2D eigenvalue weighted by molar-refractivity contribution is 5.98. The number of carbonyl (C=O) groups excluding carboxylic acids is 1. The molecule has 0 spiro atoms. The largest absolute Gasteiger partial charge is 0.490 e. The maximum Gasteiger partial charge on any atom is 0.490 e. The summed E-state index contributed by atoms with van der Waals surface area (Å²) in [5.41, 5.74) is 2.43. The lowest BCUT2D eigenvalue weighted by molar-refractivity contribution is -0.192. The quantitative estimate of drug-likeness (QED) is 0.589. The lowest BCUT2D eigenvalue weighted by Crippen LogP contribution is -2.24. The van der Waals surface area contributed by atoms with E-state index in [2.05, 4.69) is 5.32 Å². The van der Waals surface area contributed by atoms with Crippen LogP contribution in [0.2, 0.25) is 0 Å². The summed E-state index contributed by atoms with van der Waals surface area (Å²) in [6.45, 7) is 5.04. The van der Waals surface area contributed by atoms with Gasteiger partial charge in [-0.15, -0.1) is 0 Å². The maximum atomic E-state index is 11.7. The summed E-state index contributed by atoms with van der Waals surface area (Å²) >= 11 is 0. The van der Waals surface area contributed by atoms with Crippen molar-refractivity contribution in [3.8, 4) is 0 Å². The molecule has 0 bridgehead atoms. The molecule has 0 unspecified atom stereocenters. The minimum absolute atomic E-state index is 0.143.